The van der Waals surface area contributed by atoms with E-state index in [9.17, 15) is 0 Å². The molecule has 0 fully saturated rings. The Morgan fingerprint density at radius 2 is 2.11 bits per heavy atom. The zero-order valence-corrected chi connectivity index (χ0v) is 5.89. The highest BCUT2D eigenvalue weighted by Gasteiger charge is 1.95. The molecule has 1 rings (SSSR count). The molecule has 1 heterocycles. The average molecular weight is 143 g/mol. The molecule has 0 aliphatic heterocycles. The summed E-state index contributed by atoms with van der Waals surface area (Å²) in [5, 5.41) is 0.514. The number of rotatable bonds is 1. The first kappa shape index (κ1) is 6.49. The molecule has 0 saturated carbocycles. The fourth-order valence-corrected chi connectivity index (χ4v) is 0.826. The Balaban J connectivity index is 3.01. The number of hydrogen-bond donors (Lipinski definition) is 0. The molecule has 0 atom stereocenters. The Morgan fingerprint density at radius 3 is 2.56 bits per heavy atom. The molecule has 0 spiro atoms. The lowest BCUT2D eigenvalue weighted by Crippen LogP contribution is -1.88. The van der Waals surface area contributed by atoms with Crippen molar-refractivity contribution < 1.29 is 0 Å². The standard InChI is InChI=1S/C6H7ClN2/c1-2-5-6(7)9-4-3-8-5/h3-4H,2H2,1H3. The van der Waals surface area contributed by atoms with Crippen molar-refractivity contribution in [1.29, 1.82) is 0 Å². The van der Waals surface area contributed by atoms with Crippen LogP contribution in [0, 0.1) is 0 Å². The summed E-state index contributed by atoms with van der Waals surface area (Å²) in [7, 11) is 0. The minimum absolute atomic E-state index is 0.514. The summed E-state index contributed by atoms with van der Waals surface area (Å²) < 4.78 is 0. The van der Waals surface area contributed by atoms with Gasteiger partial charge in [0.2, 0.25) is 0 Å². The second-order valence-corrected chi connectivity index (χ2v) is 2.01. The zero-order chi connectivity index (χ0) is 6.69. The third-order valence-electron chi connectivity index (χ3n) is 1.06. The SMILES string of the molecule is CCc1nccnc1Cl. The normalized spacial score (nSPS) is 9.56. The summed E-state index contributed by atoms with van der Waals surface area (Å²) in [5.74, 6) is 0. The van der Waals surface area contributed by atoms with Crippen LogP contribution in [-0.4, -0.2) is 9.97 Å². The Hall–Kier alpha value is -0.630. The van der Waals surface area contributed by atoms with Crippen LogP contribution in [0.3, 0.4) is 0 Å². The third-order valence-corrected chi connectivity index (χ3v) is 1.37. The van der Waals surface area contributed by atoms with Gasteiger partial charge in [-0.2, -0.15) is 0 Å². The van der Waals surface area contributed by atoms with Gasteiger partial charge in [-0.3, -0.25) is 4.98 Å². The summed E-state index contributed by atoms with van der Waals surface area (Å²) in [6, 6.07) is 0. The van der Waals surface area contributed by atoms with E-state index in [0.717, 1.165) is 12.1 Å². The fraction of sp³-hybridized carbons (Fsp3) is 0.333. The number of aryl methyl sites for hydroxylation is 1. The summed E-state index contributed by atoms with van der Waals surface area (Å²) in [6.45, 7) is 2.00. The molecule has 0 aliphatic carbocycles. The molecule has 9 heavy (non-hydrogen) atoms. The van der Waals surface area contributed by atoms with Crippen LogP contribution in [0.15, 0.2) is 12.4 Å². The second kappa shape index (κ2) is 2.78. The van der Waals surface area contributed by atoms with Gasteiger partial charge in [-0.25, -0.2) is 4.98 Å². The molecule has 2 nitrogen and oxygen atoms in total. The Labute approximate surface area is 58.9 Å². The maximum atomic E-state index is 5.65. The number of halogens is 1. The lowest BCUT2D eigenvalue weighted by Gasteiger charge is -1.93. The summed E-state index contributed by atoms with van der Waals surface area (Å²) >= 11 is 5.65. The van der Waals surface area contributed by atoms with Crippen molar-refractivity contribution in [1.82, 2.24) is 9.97 Å². The minimum Gasteiger partial charge on any atom is -0.256 e. The van der Waals surface area contributed by atoms with Crippen molar-refractivity contribution in [3.8, 4) is 0 Å². The van der Waals surface area contributed by atoms with Crippen LogP contribution in [0.5, 0.6) is 0 Å². The Bertz CT molecular complexity index is 200. The van der Waals surface area contributed by atoms with Gasteiger partial charge in [-0.15, -0.1) is 0 Å². The lowest BCUT2D eigenvalue weighted by molar-refractivity contribution is 1.00. The molecule has 0 N–H and O–H groups in total. The number of hydrogen-bond acceptors (Lipinski definition) is 2. The van der Waals surface area contributed by atoms with Gasteiger partial charge in [0, 0.05) is 12.4 Å². The first-order valence-electron chi connectivity index (χ1n) is 2.80. The first-order valence-corrected chi connectivity index (χ1v) is 3.17. The predicted molar refractivity (Wildman–Crippen MR) is 36.4 cm³/mol. The van der Waals surface area contributed by atoms with E-state index in [1.54, 1.807) is 12.4 Å². The van der Waals surface area contributed by atoms with Crippen LogP contribution in [0.4, 0.5) is 0 Å². The highest BCUT2D eigenvalue weighted by Crippen LogP contribution is 2.07. The highest BCUT2D eigenvalue weighted by atomic mass is 35.5. The quantitative estimate of drug-likeness (QED) is 0.597. The highest BCUT2D eigenvalue weighted by molar-refractivity contribution is 6.29. The maximum absolute atomic E-state index is 5.65. The second-order valence-electron chi connectivity index (χ2n) is 1.65. The molecule has 0 unspecified atom stereocenters. The van der Waals surface area contributed by atoms with Crippen LogP contribution in [0.25, 0.3) is 0 Å². The molecule has 0 saturated heterocycles. The van der Waals surface area contributed by atoms with Crippen LogP contribution < -0.4 is 0 Å². The predicted octanol–water partition coefficient (Wildman–Crippen LogP) is 1.69. The molecule has 0 bridgehead atoms. The molecule has 48 valence electrons. The number of nitrogens with zero attached hydrogens (tertiary/aromatic N) is 2. The van der Waals surface area contributed by atoms with Crippen molar-refractivity contribution in [3.05, 3.63) is 23.2 Å². The van der Waals surface area contributed by atoms with Gasteiger partial charge in [0.1, 0.15) is 5.15 Å². The maximum Gasteiger partial charge on any atom is 0.150 e. The monoisotopic (exact) mass is 142 g/mol. The molecule has 1 aromatic rings. The van der Waals surface area contributed by atoms with Gasteiger partial charge in [-0.05, 0) is 6.42 Å². The summed E-state index contributed by atoms with van der Waals surface area (Å²) in [5.41, 5.74) is 0.860. The summed E-state index contributed by atoms with van der Waals surface area (Å²) in [6.07, 6.45) is 4.07. The van der Waals surface area contributed by atoms with E-state index in [1.165, 1.54) is 0 Å². The van der Waals surface area contributed by atoms with Crippen LogP contribution >= 0.6 is 11.6 Å². The topological polar surface area (TPSA) is 25.8 Å². The van der Waals surface area contributed by atoms with E-state index in [1.807, 2.05) is 6.92 Å². The molecule has 0 aliphatic rings. The van der Waals surface area contributed by atoms with Crippen molar-refractivity contribution >= 4 is 11.6 Å². The molecule has 0 radical (unpaired) electrons. The van der Waals surface area contributed by atoms with Gasteiger partial charge >= 0.3 is 0 Å². The van der Waals surface area contributed by atoms with Crippen LogP contribution in [-0.2, 0) is 6.42 Å². The van der Waals surface area contributed by atoms with E-state index in [4.69, 9.17) is 11.6 Å². The van der Waals surface area contributed by atoms with Gasteiger partial charge in [0.25, 0.3) is 0 Å². The largest absolute Gasteiger partial charge is 0.256 e. The molecule has 0 aromatic carbocycles. The van der Waals surface area contributed by atoms with E-state index >= 15 is 0 Å². The van der Waals surface area contributed by atoms with Gasteiger partial charge in [-0.1, -0.05) is 18.5 Å². The summed E-state index contributed by atoms with van der Waals surface area (Å²) in [4.78, 5) is 7.86. The molecule has 0 amide bonds. The third kappa shape index (κ3) is 1.39. The fourth-order valence-electron chi connectivity index (χ4n) is 0.587. The average Bonchev–Trinajstić information content (AvgIpc) is 1.89. The van der Waals surface area contributed by atoms with Crippen molar-refractivity contribution in [2.45, 2.75) is 13.3 Å². The van der Waals surface area contributed by atoms with E-state index < -0.39 is 0 Å². The van der Waals surface area contributed by atoms with Crippen molar-refractivity contribution in [2.75, 3.05) is 0 Å². The van der Waals surface area contributed by atoms with Gasteiger partial charge < -0.3 is 0 Å². The Kier molecular flexibility index (Phi) is 2.01. The Morgan fingerprint density at radius 1 is 1.44 bits per heavy atom. The zero-order valence-electron chi connectivity index (χ0n) is 5.13. The van der Waals surface area contributed by atoms with Crippen molar-refractivity contribution in [3.63, 3.8) is 0 Å². The molecular formula is C6H7ClN2. The molecule has 3 heteroatoms. The van der Waals surface area contributed by atoms with Gasteiger partial charge in [0.05, 0.1) is 5.69 Å². The van der Waals surface area contributed by atoms with E-state index in [0.29, 0.717) is 5.15 Å². The molecule has 1 aromatic heterocycles. The van der Waals surface area contributed by atoms with Gasteiger partial charge in [0.15, 0.2) is 0 Å². The minimum atomic E-state index is 0.514. The van der Waals surface area contributed by atoms with Crippen LogP contribution in [0.2, 0.25) is 5.15 Å². The lowest BCUT2D eigenvalue weighted by atomic mass is 10.4. The first-order chi connectivity index (χ1) is 4.34. The molecular weight excluding hydrogens is 136 g/mol. The smallest absolute Gasteiger partial charge is 0.150 e. The number of aromatic nitrogens is 2. The van der Waals surface area contributed by atoms with E-state index in [-0.39, 0.29) is 0 Å². The van der Waals surface area contributed by atoms with E-state index in [2.05, 4.69) is 9.97 Å². The van der Waals surface area contributed by atoms with Crippen molar-refractivity contribution in [2.24, 2.45) is 0 Å². The van der Waals surface area contributed by atoms with Crippen LogP contribution in [0.1, 0.15) is 12.6 Å².